The molecule has 0 radical (unpaired) electrons. The third-order valence-electron chi connectivity index (χ3n) is 2.43. The van der Waals surface area contributed by atoms with Gasteiger partial charge in [-0.15, -0.1) is 6.42 Å². The van der Waals surface area contributed by atoms with Crippen molar-refractivity contribution in [1.82, 2.24) is 0 Å². The highest BCUT2D eigenvalue weighted by Gasteiger charge is 2.13. The number of halogens is 1. The Morgan fingerprint density at radius 2 is 1.58 bits per heavy atom. The van der Waals surface area contributed by atoms with Gasteiger partial charge >= 0.3 is 0 Å². The average molecular weight is 292 g/mol. The van der Waals surface area contributed by atoms with Crippen LogP contribution in [0.2, 0.25) is 5.02 Å². The lowest BCUT2D eigenvalue weighted by Gasteiger charge is -2.08. The Kier molecular flexibility index (Phi) is 3.79. The molecule has 0 bridgehead atoms. The van der Waals surface area contributed by atoms with E-state index in [2.05, 4.69) is 10.6 Å². The molecule has 2 aromatic carbocycles. The Morgan fingerprint density at radius 1 is 1.00 bits per heavy atom. The van der Waals surface area contributed by atoms with Crippen molar-refractivity contribution in [3.8, 4) is 12.3 Å². The molecular weight excluding hydrogens is 282 g/mol. The van der Waals surface area contributed by atoms with Crippen LogP contribution in [0.4, 0.5) is 5.69 Å². The van der Waals surface area contributed by atoms with E-state index in [1.807, 2.05) is 0 Å². The Morgan fingerprint density at radius 3 is 2.11 bits per heavy atom. The molecule has 0 spiro atoms. The van der Waals surface area contributed by atoms with E-state index in [1.54, 1.807) is 24.3 Å². The van der Waals surface area contributed by atoms with E-state index in [0.717, 1.165) is 0 Å². The van der Waals surface area contributed by atoms with Crippen LogP contribution < -0.4 is 4.72 Å². The van der Waals surface area contributed by atoms with E-state index in [9.17, 15) is 8.42 Å². The molecule has 0 aliphatic heterocycles. The molecular formula is C14H10ClNO2S. The molecule has 3 nitrogen and oxygen atoms in total. The fraction of sp³-hybridized carbons (Fsp3) is 0. The zero-order chi connectivity index (χ0) is 13.9. The fourth-order valence-electron chi connectivity index (χ4n) is 1.46. The molecule has 0 amide bonds. The third kappa shape index (κ3) is 3.28. The minimum absolute atomic E-state index is 0.151. The van der Waals surface area contributed by atoms with Crippen LogP contribution in [0.1, 0.15) is 5.56 Å². The van der Waals surface area contributed by atoms with Gasteiger partial charge in [-0.2, -0.15) is 0 Å². The topological polar surface area (TPSA) is 46.2 Å². The molecule has 0 fully saturated rings. The number of hydrogen-bond donors (Lipinski definition) is 1. The van der Waals surface area contributed by atoms with E-state index in [0.29, 0.717) is 16.3 Å². The summed E-state index contributed by atoms with van der Waals surface area (Å²) in [6, 6.07) is 12.5. The number of sulfonamides is 1. The van der Waals surface area contributed by atoms with Crippen molar-refractivity contribution in [2.45, 2.75) is 4.90 Å². The van der Waals surface area contributed by atoms with E-state index >= 15 is 0 Å². The van der Waals surface area contributed by atoms with Gasteiger partial charge in [-0.3, -0.25) is 4.72 Å². The molecule has 2 aromatic rings. The second kappa shape index (κ2) is 5.35. The second-order valence-electron chi connectivity index (χ2n) is 3.78. The number of hydrogen-bond acceptors (Lipinski definition) is 2. The summed E-state index contributed by atoms with van der Waals surface area (Å²) in [6.45, 7) is 0. The average Bonchev–Trinajstić information content (AvgIpc) is 2.40. The Labute approximate surface area is 117 Å². The first kappa shape index (κ1) is 13.5. The van der Waals surface area contributed by atoms with E-state index in [-0.39, 0.29) is 4.90 Å². The zero-order valence-electron chi connectivity index (χ0n) is 9.80. The summed E-state index contributed by atoms with van der Waals surface area (Å²) in [6.07, 6.45) is 5.23. The molecule has 19 heavy (non-hydrogen) atoms. The maximum absolute atomic E-state index is 12.1. The minimum Gasteiger partial charge on any atom is -0.280 e. The first-order chi connectivity index (χ1) is 9.01. The van der Waals surface area contributed by atoms with Crippen molar-refractivity contribution >= 4 is 27.3 Å². The maximum Gasteiger partial charge on any atom is 0.261 e. The SMILES string of the molecule is C#Cc1ccc(NS(=O)(=O)c2ccc(Cl)cc2)cc1. The third-order valence-corrected chi connectivity index (χ3v) is 4.08. The van der Waals surface area contributed by atoms with Crippen LogP contribution in [0.5, 0.6) is 0 Å². The lowest BCUT2D eigenvalue weighted by molar-refractivity contribution is 0.601. The van der Waals surface area contributed by atoms with Crippen LogP contribution in [0, 0.1) is 12.3 Å². The van der Waals surface area contributed by atoms with Gasteiger partial charge in [0.25, 0.3) is 10.0 Å². The highest BCUT2D eigenvalue weighted by Crippen LogP contribution is 2.18. The second-order valence-corrected chi connectivity index (χ2v) is 5.90. The first-order valence-corrected chi connectivity index (χ1v) is 7.22. The Hall–Kier alpha value is -1.96. The van der Waals surface area contributed by atoms with Crippen LogP contribution in [0.25, 0.3) is 0 Å². The van der Waals surface area contributed by atoms with E-state index in [1.165, 1.54) is 24.3 Å². The standard InChI is InChI=1S/C14H10ClNO2S/c1-2-11-3-7-13(8-4-11)16-19(17,18)14-9-5-12(15)6-10-14/h1,3-10,16H. The Bertz CT molecular complexity index is 714. The van der Waals surface area contributed by atoms with Crippen LogP contribution in [-0.4, -0.2) is 8.42 Å². The molecule has 0 aliphatic rings. The fourth-order valence-corrected chi connectivity index (χ4v) is 2.65. The molecule has 0 heterocycles. The smallest absolute Gasteiger partial charge is 0.261 e. The van der Waals surface area contributed by atoms with Crippen molar-refractivity contribution in [2.75, 3.05) is 4.72 Å². The van der Waals surface area contributed by atoms with Gasteiger partial charge in [-0.25, -0.2) is 8.42 Å². The number of benzene rings is 2. The van der Waals surface area contributed by atoms with Gasteiger partial charge in [0.15, 0.2) is 0 Å². The van der Waals surface area contributed by atoms with Crippen LogP contribution in [0.3, 0.4) is 0 Å². The monoisotopic (exact) mass is 291 g/mol. The number of terminal acetylenes is 1. The molecule has 0 saturated heterocycles. The van der Waals surface area contributed by atoms with Gasteiger partial charge in [0.1, 0.15) is 0 Å². The van der Waals surface area contributed by atoms with Crippen molar-refractivity contribution in [1.29, 1.82) is 0 Å². The summed E-state index contributed by atoms with van der Waals surface area (Å²) in [5.41, 5.74) is 1.14. The molecule has 0 unspecified atom stereocenters. The molecule has 0 atom stereocenters. The summed E-state index contributed by atoms with van der Waals surface area (Å²) in [5.74, 6) is 2.46. The van der Waals surface area contributed by atoms with Crippen LogP contribution >= 0.6 is 11.6 Å². The number of anilines is 1. The van der Waals surface area contributed by atoms with Crippen molar-refractivity contribution in [3.63, 3.8) is 0 Å². The minimum atomic E-state index is -3.61. The normalized spacial score (nSPS) is 10.7. The number of rotatable bonds is 3. The van der Waals surface area contributed by atoms with Crippen LogP contribution in [0.15, 0.2) is 53.4 Å². The summed E-state index contributed by atoms with van der Waals surface area (Å²) in [5, 5.41) is 0.484. The first-order valence-electron chi connectivity index (χ1n) is 5.36. The lowest BCUT2D eigenvalue weighted by atomic mass is 10.2. The van der Waals surface area contributed by atoms with Crippen LogP contribution in [-0.2, 0) is 10.0 Å². The van der Waals surface area contributed by atoms with Crippen molar-refractivity contribution in [3.05, 3.63) is 59.1 Å². The lowest BCUT2D eigenvalue weighted by Crippen LogP contribution is -2.12. The summed E-state index contributed by atoms with van der Waals surface area (Å²) in [7, 11) is -3.61. The molecule has 96 valence electrons. The summed E-state index contributed by atoms with van der Waals surface area (Å²) in [4.78, 5) is 0.151. The zero-order valence-corrected chi connectivity index (χ0v) is 11.4. The molecule has 0 aliphatic carbocycles. The Balaban J connectivity index is 2.26. The highest BCUT2D eigenvalue weighted by atomic mass is 35.5. The predicted molar refractivity (Wildman–Crippen MR) is 76.6 cm³/mol. The summed E-state index contributed by atoms with van der Waals surface area (Å²) < 4.78 is 26.6. The van der Waals surface area contributed by atoms with E-state index < -0.39 is 10.0 Å². The van der Waals surface area contributed by atoms with Gasteiger partial charge in [0, 0.05) is 16.3 Å². The highest BCUT2D eigenvalue weighted by molar-refractivity contribution is 7.92. The van der Waals surface area contributed by atoms with Gasteiger partial charge in [-0.1, -0.05) is 17.5 Å². The van der Waals surface area contributed by atoms with E-state index in [4.69, 9.17) is 18.0 Å². The van der Waals surface area contributed by atoms with Crippen molar-refractivity contribution < 1.29 is 8.42 Å². The number of nitrogens with one attached hydrogen (secondary N) is 1. The van der Waals surface area contributed by atoms with Gasteiger partial charge in [0.2, 0.25) is 0 Å². The molecule has 5 heteroatoms. The van der Waals surface area contributed by atoms with Gasteiger partial charge in [0.05, 0.1) is 4.90 Å². The summed E-state index contributed by atoms with van der Waals surface area (Å²) >= 11 is 5.72. The van der Waals surface area contributed by atoms with Gasteiger partial charge in [-0.05, 0) is 48.5 Å². The molecule has 0 saturated carbocycles. The molecule has 1 N–H and O–H groups in total. The van der Waals surface area contributed by atoms with Gasteiger partial charge < -0.3 is 0 Å². The maximum atomic E-state index is 12.1. The van der Waals surface area contributed by atoms with Crippen molar-refractivity contribution in [2.24, 2.45) is 0 Å². The predicted octanol–water partition coefficient (Wildman–Crippen LogP) is 3.12. The largest absolute Gasteiger partial charge is 0.280 e. The molecule has 0 aromatic heterocycles. The quantitative estimate of drug-likeness (QED) is 0.883. The molecule has 2 rings (SSSR count).